The zero-order valence-corrected chi connectivity index (χ0v) is 17.4. The van der Waals surface area contributed by atoms with Crippen molar-refractivity contribution in [3.63, 3.8) is 0 Å². The maximum absolute atomic E-state index is 13.2. The smallest absolute Gasteiger partial charge is 0.332 e. The molecular formula is C22H34O6. The Hall–Kier alpha value is -0.980. The molecule has 0 aromatic heterocycles. The summed E-state index contributed by atoms with van der Waals surface area (Å²) in [6.45, 7) is 8.32. The van der Waals surface area contributed by atoms with Crippen molar-refractivity contribution in [1.82, 2.24) is 0 Å². The van der Waals surface area contributed by atoms with Gasteiger partial charge in [-0.25, -0.2) is 4.79 Å². The summed E-state index contributed by atoms with van der Waals surface area (Å²) in [5.74, 6) is -0.475. The molecule has 1 saturated heterocycles. The number of Topliss-reactive ketones (excluding diaryl/α,β-unsaturated/α-hetero) is 1. The lowest BCUT2D eigenvalue weighted by atomic mass is 9.43. The van der Waals surface area contributed by atoms with Gasteiger partial charge in [0.25, 0.3) is 0 Å². The van der Waals surface area contributed by atoms with Gasteiger partial charge in [-0.15, -0.1) is 0 Å². The van der Waals surface area contributed by atoms with Crippen molar-refractivity contribution in [2.45, 2.75) is 78.1 Å². The molecule has 4 fully saturated rings. The molecule has 6 nitrogen and oxygen atoms in total. The number of ketones is 1. The first-order chi connectivity index (χ1) is 13.1. The van der Waals surface area contributed by atoms with Crippen molar-refractivity contribution in [1.29, 1.82) is 0 Å². The molecule has 6 heteroatoms. The second kappa shape index (κ2) is 6.51. The summed E-state index contributed by atoms with van der Waals surface area (Å²) < 4.78 is 11.5. The van der Waals surface area contributed by atoms with Gasteiger partial charge < -0.3 is 19.7 Å². The van der Waals surface area contributed by atoms with Crippen LogP contribution in [0.2, 0.25) is 0 Å². The van der Waals surface area contributed by atoms with Crippen LogP contribution in [0.4, 0.5) is 0 Å². The maximum Gasteiger partial charge on any atom is 0.332 e. The summed E-state index contributed by atoms with van der Waals surface area (Å²) in [5.41, 5.74) is -1.33. The second-order valence-corrected chi connectivity index (χ2v) is 10.3. The van der Waals surface area contributed by atoms with E-state index in [1.807, 2.05) is 6.92 Å². The molecule has 0 radical (unpaired) electrons. The van der Waals surface area contributed by atoms with E-state index < -0.39 is 35.6 Å². The summed E-state index contributed by atoms with van der Waals surface area (Å²) in [6.07, 6.45) is 2.38. The van der Waals surface area contributed by atoms with E-state index in [1.54, 1.807) is 0 Å². The number of esters is 1. The molecular weight excluding hydrogens is 360 g/mol. The van der Waals surface area contributed by atoms with Crippen LogP contribution in [0.1, 0.15) is 59.8 Å². The Labute approximate surface area is 167 Å². The number of rotatable bonds is 3. The van der Waals surface area contributed by atoms with E-state index in [9.17, 15) is 19.8 Å². The van der Waals surface area contributed by atoms with Crippen LogP contribution in [0.25, 0.3) is 0 Å². The van der Waals surface area contributed by atoms with Crippen molar-refractivity contribution in [2.75, 3.05) is 13.2 Å². The first kappa shape index (κ1) is 20.3. The van der Waals surface area contributed by atoms with Crippen molar-refractivity contribution in [3.8, 4) is 0 Å². The lowest BCUT2D eigenvalue weighted by Crippen LogP contribution is -2.64. The van der Waals surface area contributed by atoms with Crippen LogP contribution < -0.4 is 0 Å². The van der Waals surface area contributed by atoms with Crippen molar-refractivity contribution in [2.24, 2.45) is 34.0 Å². The van der Waals surface area contributed by atoms with E-state index in [0.29, 0.717) is 19.4 Å². The molecule has 2 bridgehead atoms. The van der Waals surface area contributed by atoms with Gasteiger partial charge in [0, 0.05) is 23.2 Å². The Morgan fingerprint density at radius 1 is 1.29 bits per heavy atom. The van der Waals surface area contributed by atoms with E-state index in [1.165, 1.54) is 0 Å². The fourth-order valence-electron chi connectivity index (χ4n) is 7.24. The molecule has 0 aromatic rings. The highest BCUT2D eigenvalue weighted by atomic mass is 16.6. The zero-order valence-electron chi connectivity index (χ0n) is 17.4. The number of aliphatic hydroxyl groups excluding tert-OH is 2. The molecule has 3 saturated carbocycles. The van der Waals surface area contributed by atoms with Gasteiger partial charge in [-0.05, 0) is 42.9 Å². The van der Waals surface area contributed by atoms with Gasteiger partial charge in [0.1, 0.15) is 18.5 Å². The molecule has 0 unspecified atom stereocenters. The lowest BCUT2D eigenvalue weighted by molar-refractivity contribution is -0.215. The van der Waals surface area contributed by atoms with Crippen LogP contribution in [0, 0.1) is 34.0 Å². The number of carbonyl (C=O) groups is 2. The first-order valence-electron chi connectivity index (χ1n) is 10.7. The summed E-state index contributed by atoms with van der Waals surface area (Å²) in [7, 11) is 0. The Morgan fingerprint density at radius 2 is 1.96 bits per heavy atom. The van der Waals surface area contributed by atoms with E-state index in [0.717, 1.165) is 19.3 Å². The van der Waals surface area contributed by atoms with Crippen molar-refractivity contribution < 1.29 is 29.3 Å². The SMILES string of the molecule is C[C@@H]1CC[C@@]23CCC(=O)[C@H]2[C@]1(C)[C@H](OC(=O)CO)C[C@@](C)([C@H]1CO1)[C@@H](O)[C@@H]3C. The molecule has 3 aliphatic carbocycles. The largest absolute Gasteiger partial charge is 0.460 e. The van der Waals surface area contributed by atoms with Gasteiger partial charge in [0.15, 0.2) is 0 Å². The zero-order chi connectivity index (χ0) is 20.5. The molecule has 1 heterocycles. The molecule has 4 rings (SSSR count). The van der Waals surface area contributed by atoms with Gasteiger partial charge in [0.2, 0.25) is 0 Å². The molecule has 2 N–H and O–H groups in total. The Balaban J connectivity index is 1.88. The van der Waals surface area contributed by atoms with E-state index in [2.05, 4.69) is 20.8 Å². The van der Waals surface area contributed by atoms with Gasteiger partial charge in [-0.3, -0.25) is 4.79 Å². The first-order valence-corrected chi connectivity index (χ1v) is 10.7. The number of hydrogen-bond donors (Lipinski definition) is 2. The summed E-state index contributed by atoms with van der Waals surface area (Å²) in [4.78, 5) is 25.3. The molecule has 0 spiro atoms. The third-order valence-corrected chi connectivity index (χ3v) is 9.31. The van der Waals surface area contributed by atoms with Crippen molar-refractivity contribution >= 4 is 11.8 Å². The fourth-order valence-corrected chi connectivity index (χ4v) is 7.24. The third kappa shape index (κ3) is 2.56. The lowest BCUT2D eigenvalue weighted by Gasteiger charge is -2.62. The van der Waals surface area contributed by atoms with Crippen LogP contribution in [0.5, 0.6) is 0 Å². The number of ether oxygens (including phenoxy) is 2. The van der Waals surface area contributed by atoms with Crippen LogP contribution in [-0.4, -0.2) is 53.5 Å². The normalized spacial score (nSPS) is 53.1. The van der Waals surface area contributed by atoms with E-state index in [4.69, 9.17) is 9.47 Å². The highest BCUT2D eigenvalue weighted by Crippen LogP contribution is 2.68. The molecule has 158 valence electrons. The summed E-state index contributed by atoms with van der Waals surface area (Å²) in [5, 5.41) is 20.9. The van der Waals surface area contributed by atoms with Gasteiger partial charge in [-0.2, -0.15) is 0 Å². The highest BCUT2D eigenvalue weighted by Gasteiger charge is 2.69. The minimum Gasteiger partial charge on any atom is -0.460 e. The number of epoxide rings is 1. The van der Waals surface area contributed by atoms with Crippen LogP contribution in [-0.2, 0) is 19.1 Å². The van der Waals surface area contributed by atoms with Gasteiger partial charge >= 0.3 is 5.97 Å². The number of hydrogen-bond acceptors (Lipinski definition) is 6. The van der Waals surface area contributed by atoms with E-state index >= 15 is 0 Å². The molecule has 4 aliphatic rings. The summed E-state index contributed by atoms with van der Waals surface area (Å²) in [6, 6.07) is 0. The fraction of sp³-hybridized carbons (Fsp3) is 0.909. The average molecular weight is 395 g/mol. The molecule has 9 atom stereocenters. The maximum atomic E-state index is 13.2. The van der Waals surface area contributed by atoms with Crippen LogP contribution >= 0.6 is 0 Å². The Kier molecular flexibility index (Phi) is 4.72. The third-order valence-electron chi connectivity index (χ3n) is 9.31. The second-order valence-electron chi connectivity index (χ2n) is 10.3. The average Bonchev–Trinajstić information content (AvgIpc) is 3.47. The Morgan fingerprint density at radius 3 is 2.57 bits per heavy atom. The Bertz CT molecular complexity index is 674. The predicted octanol–water partition coefficient (Wildman–Crippen LogP) is 2.10. The summed E-state index contributed by atoms with van der Waals surface area (Å²) >= 11 is 0. The van der Waals surface area contributed by atoms with Crippen molar-refractivity contribution in [3.05, 3.63) is 0 Å². The molecule has 1 aliphatic heterocycles. The number of carbonyl (C=O) groups excluding carboxylic acids is 2. The van der Waals surface area contributed by atoms with Gasteiger partial charge in [0.05, 0.1) is 18.8 Å². The standard InChI is InChI=1S/C22H34O6/c1-12-5-7-22-8-6-14(24)18(22)21(12,4)15(28-17(25)10-23)9-20(3,16-11-27-16)19(26)13(22)2/h12-13,15-16,18-19,23,26H,5-11H2,1-4H3/t12-,13+,15-,16-,18+,19+,20+,21+,22+/m1/s1. The quantitative estimate of drug-likeness (QED) is 0.562. The minimum absolute atomic E-state index is 0.0283. The highest BCUT2D eigenvalue weighted by molar-refractivity contribution is 5.85. The minimum atomic E-state index is -0.680. The number of aliphatic hydroxyl groups is 2. The van der Waals surface area contributed by atoms with Gasteiger partial charge in [-0.1, -0.05) is 27.7 Å². The van der Waals surface area contributed by atoms with Crippen LogP contribution in [0.3, 0.4) is 0 Å². The molecule has 28 heavy (non-hydrogen) atoms. The monoisotopic (exact) mass is 394 g/mol. The van der Waals surface area contributed by atoms with E-state index in [-0.39, 0.29) is 35.1 Å². The molecule has 0 aromatic carbocycles. The van der Waals surface area contributed by atoms with Crippen LogP contribution in [0.15, 0.2) is 0 Å². The molecule has 0 amide bonds. The predicted molar refractivity (Wildman–Crippen MR) is 101 cm³/mol. The topological polar surface area (TPSA) is 96.4 Å².